The highest BCUT2D eigenvalue weighted by Crippen LogP contribution is 2.48. The molecule has 3 nitrogen and oxygen atoms in total. The Morgan fingerprint density at radius 3 is 2.38 bits per heavy atom. The fourth-order valence-corrected chi connectivity index (χ4v) is 3.01. The molecule has 1 heterocycles. The zero-order valence-corrected chi connectivity index (χ0v) is 9.87. The van der Waals surface area contributed by atoms with Gasteiger partial charge in [-0.1, -0.05) is 0 Å². The molecule has 1 atom stereocenters. The predicted molar refractivity (Wildman–Crippen MR) is 62.9 cm³/mol. The van der Waals surface area contributed by atoms with Crippen molar-refractivity contribution in [3.8, 4) is 0 Å². The van der Waals surface area contributed by atoms with Crippen LogP contribution in [0.15, 0.2) is 0 Å². The monoisotopic (exact) mass is 222 g/mol. The predicted octanol–water partition coefficient (Wildman–Crippen LogP) is 1.15. The minimum Gasteiger partial charge on any atom is -0.356 e. The third-order valence-electron chi connectivity index (χ3n) is 4.40. The van der Waals surface area contributed by atoms with E-state index in [1.165, 1.54) is 25.7 Å². The van der Waals surface area contributed by atoms with Gasteiger partial charge in [0.2, 0.25) is 5.91 Å². The molecule has 2 N–H and O–H groups in total. The standard InChI is InChI=1S/C13H22N2O/c16-13(11-5-6-14-7-11)15-8-12(9-1-2-9)10-3-4-10/h9-12,14H,1-8H2,(H,15,16). The molecule has 3 heteroatoms. The molecule has 1 saturated heterocycles. The number of nitrogens with one attached hydrogen (secondary N) is 2. The molecule has 3 aliphatic rings. The minimum absolute atomic E-state index is 0.235. The molecule has 90 valence electrons. The number of rotatable bonds is 5. The largest absolute Gasteiger partial charge is 0.356 e. The molecule has 1 unspecified atom stereocenters. The van der Waals surface area contributed by atoms with Crippen molar-refractivity contribution in [1.82, 2.24) is 10.6 Å². The van der Waals surface area contributed by atoms with Crippen molar-refractivity contribution in [2.45, 2.75) is 32.1 Å². The van der Waals surface area contributed by atoms with Gasteiger partial charge < -0.3 is 10.6 Å². The van der Waals surface area contributed by atoms with Crippen LogP contribution in [0.25, 0.3) is 0 Å². The van der Waals surface area contributed by atoms with Crippen LogP contribution >= 0.6 is 0 Å². The Morgan fingerprint density at radius 1 is 1.19 bits per heavy atom. The highest BCUT2D eigenvalue weighted by Gasteiger charge is 2.41. The number of carbonyl (C=O) groups excluding carboxylic acids is 1. The van der Waals surface area contributed by atoms with Crippen LogP contribution < -0.4 is 10.6 Å². The van der Waals surface area contributed by atoms with Crippen molar-refractivity contribution in [3.05, 3.63) is 0 Å². The van der Waals surface area contributed by atoms with Crippen LogP contribution in [0.4, 0.5) is 0 Å². The Balaban J connectivity index is 1.45. The van der Waals surface area contributed by atoms with Crippen LogP contribution in [0, 0.1) is 23.7 Å². The normalized spacial score (nSPS) is 29.7. The lowest BCUT2D eigenvalue weighted by atomic mass is 9.97. The van der Waals surface area contributed by atoms with Gasteiger partial charge in [0.15, 0.2) is 0 Å². The van der Waals surface area contributed by atoms with Crippen LogP contribution in [-0.2, 0) is 4.79 Å². The molecule has 3 rings (SSSR count). The zero-order valence-electron chi connectivity index (χ0n) is 9.87. The van der Waals surface area contributed by atoms with E-state index < -0.39 is 0 Å². The maximum absolute atomic E-state index is 11.9. The van der Waals surface area contributed by atoms with Gasteiger partial charge in [0, 0.05) is 13.1 Å². The first kappa shape index (κ1) is 10.6. The van der Waals surface area contributed by atoms with Gasteiger partial charge >= 0.3 is 0 Å². The number of carbonyl (C=O) groups is 1. The first-order valence-electron chi connectivity index (χ1n) is 6.83. The van der Waals surface area contributed by atoms with Crippen molar-refractivity contribution in [2.75, 3.05) is 19.6 Å². The summed E-state index contributed by atoms with van der Waals surface area (Å²) in [5.41, 5.74) is 0. The molecule has 3 fully saturated rings. The quantitative estimate of drug-likeness (QED) is 0.732. The third-order valence-corrected chi connectivity index (χ3v) is 4.40. The molecule has 0 aromatic heterocycles. The zero-order chi connectivity index (χ0) is 11.0. The fraction of sp³-hybridized carbons (Fsp3) is 0.923. The third kappa shape index (κ3) is 2.40. The number of hydrogen-bond acceptors (Lipinski definition) is 2. The summed E-state index contributed by atoms with van der Waals surface area (Å²) in [6.45, 7) is 2.83. The Hall–Kier alpha value is -0.570. The highest BCUT2D eigenvalue weighted by atomic mass is 16.1. The van der Waals surface area contributed by atoms with Gasteiger partial charge in [-0.15, -0.1) is 0 Å². The first-order valence-corrected chi connectivity index (χ1v) is 6.83. The fourth-order valence-electron chi connectivity index (χ4n) is 3.01. The molecule has 0 bridgehead atoms. The smallest absolute Gasteiger partial charge is 0.224 e. The molecule has 1 aliphatic heterocycles. The highest BCUT2D eigenvalue weighted by molar-refractivity contribution is 5.79. The minimum atomic E-state index is 0.235. The Bertz CT molecular complexity index is 253. The summed E-state index contributed by atoms with van der Waals surface area (Å²) >= 11 is 0. The molecule has 2 saturated carbocycles. The average molecular weight is 222 g/mol. The van der Waals surface area contributed by atoms with E-state index in [0.29, 0.717) is 0 Å². The van der Waals surface area contributed by atoms with Crippen molar-refractivity contribution >= 4 is 5.91 Å². The molecule has 1 amide bonds. The SMILES string of the molecule is O=C(NCC(C1CC1)C1CC1)C1CCNC1. The van der Waals surface area contributed by atoms with Crippen molar-refractivity contribution in [2.24, 2.45) is 23.7 Å². The van der Waals surface area contributed by atoms with E-state index in [4.69, 9.17) is 0 Å². The molecule has 0 aromatic carbocycles. The second-order valence-corrected chi connectivity index (χ2v) is 5.77. The molecule has 2 aliphatic carbocycles. The van der Waals surface area contributed by atoms with Crippen LogP contribution in [0.1, 0.15) is 32.1 Å². The topological polar surface area (TPSA) is 41.1 Å². The summed E-state index contributed by atoms with van der Waals surface area (Å²) < 4.78 is 0. The lowest BCUT2D eigenvalue weighted by Gasteiger charge is -2.17. The van der Waals surface area contributed by atoms with Crippen molar-refractivity contribution in [3.63, 3.8) is 0 Å². The molecule has 16 heavy (non-hydrogen) atoms. The lowest BCUT2D eigenvalue weighted by molar-refractivity contribution is -0.124. The van der Waals surface area contributed by atoms with E-state index >= 15 is 0 Å². The maximum Gasteiger partial charge on any atom is 0.224 e. The van der Waals surface area contributed by atoms with Crippen LogP contribution in [0.2, 0.25) is 0 Å². The number of amides is 1. The number of hydrogen-bond donors (Lipinski definition) is 2. The molecular weight excluding hydrogens is 200 g/mol. The summed E-state index contributed by atoms with van der Waals surface area (Å²) in [6.07, 6.45) is 6.64. The molecule has 0 radical (unpaired) electrons. The molecule has 0 spiro atoms. The van der Waals surface area contributed by atoms with E-state index in [1.54, 1.807) is 0 Å². The summed E-state index contributed by atoms with van der Waals surface area (Å²) in [5, 5.41) is 6.44. The van der Waals surface area contributed by atoms with Crippen LogP contribution in [0.5, 0.6) is 0 Å². The van der Waals surface area contributed by atoms with Gasteiger partial charge in [-0.05, 0) is 56.4 Å². The van der Waals surface area contributed by atoms with E-state index in [0.717, 1.165) is 43.8 Å². The van der Waals surface area contributed by atoms with Gasteiger partial charge in [0.05, 0.1) is 5.92 Å². The molecule has 0 aromatic rings. The van der Waals surface area contributed by atoms with Gasteiger partial charge in [-0.3, -0.25) is 4.79 Å². The summed E-state index contributed by atoms with van der Waals surface area (Å²) in [4.78, 5) is 11.9. The lowest BCUT2D eigenvalue weighted by Crippen LogP contribution is -2.36. The van der Waals surface area contributed by atoms with Crippen molar-refractivity contribution in [1.29, 1.82) is 0 Å². The van der Waals surface area contributed by atoms with Crippen LogP contribution in [0.3, 0.4) is 0 Å². The maximum atomic E-state index is 11.9. The Morgan fingerprint density at radius 2 is 1.88 bits per heavy atom. The second kappa shape index (κ2) is 4.36. The van der Waals surface area contributed by atoms with E-state index in [1.807, 2.05) is 0 Å². The second-order valence-electron chi connectivity index (χ2n) is 5.77. The Labute approximate surface area is 97.4 Å². The van der Waals surface area contributed by atoms with Crippen LogP contribution in [-0.4, -0.2) is 25.5 Å². The summed E-state index contributed by atoms with van der Waals surface area (Å²) in [7, 11) is 0. The van der Waals surface area contributed by atoms with Gasteiger partial charge in [0.25, 0.3) is 0 Å². The summed E-state index contributed by atoms with van der Waals surface area (Å²) in [6, 6.07) is 0. The van der Waals surface area contributed by atoms with E-state index in [9.17, 15) is 4.79 Å². The van der Waals surface area contributed by atoms with Gasteiger partial charge in [-0.2, -0.15) is 0 Å². The van der Waals surface area contributed by atoms with Crippen molar-refractivity contribution < 1.29 is 4.79 Å². The Kier molecular flexibility index (Phi) is 2.88. The summed E-state index contributed by atoms with van der Waals surface area (Å²) in [5.74, 6) is 3.21. The van der Waals surface area contributed by atoms with E-state index in [2.05, 4.69) is 10.6 Å². The molecular formula is C13H22N2O. The first-order chi connectivity index (χ1) is 7.84. The average Bonchev–Trinajstić information content (AvgIpc) is 3.21. The van der Waals surface area contributed by atoms with E-state index in [-0.39, 0.29) is 11.8 Å². The van der Waals surface area contributed by atoms with Gasteiger partial charge in [0.1, 0.15) is 0 Å². The van der Waals surface area contributed by atoms with Gasteiger partial charge in [-0.25, -0.2) is 0 Å².